The van der Waals surface area contributed by atoms with E-state index in [2.05, 4.69) is 173 Å². The van der Waals surface area contributed by atoms with E-state index in [-0.39, 0.29) is 12.1 Å². The van der Waals surface area contributed by atoms with Crippen LogP contribution in [-0.4, -0.2) is 20.8 Å². The predicted molar refractivity (Wildman–Crippen MR) is 215 cm³/mol. The summed E-state index contributed by atoms with van der Waals surface area (Å²) in [6.45, 7) is 0. The van der Waals surface area contributed by atoms with Gasteiger partial charge in [0.1, 0.15) is 5.58 Å². The first-order valence-electron chi connectivity index (χ1n) is 17.4. The molecule has 50 heavy (non-hydrogen) atoms. The molecule has 0 amide bonds. The summed E-state index contributed by atoms with van der Waals surface area (Å²) in [5.74, 6) is 0. The largest absolute Gasteiger partial charge is 0.333 e. The van der Waals surface area contributed by atoms with Gasteiger partial charge in [0.05, 0.1) is 28.6 Å². The minimum absolute atomic E-state index is 0.0169. The van der Waals surface area contributed by atoms with E-state index >= 15 is 0 Å². The Bertz CT molecular complexity index is 2880. The zero-order chi connectivity index (χ0) is 32.8. The summed E-state index contributed by atoms with van der Waals surface area (Å²) in [5.41, 5.74) is 11.5. The first kappa shape index (κ1) is 28.1. The molecule has 3 unspecified atom stereocenters. The van der Waals surface area contributed by atoms with E-state index in [9.17, 15) is 0 Å². The van der Waals surface area contributed by atoms with Crippen molar-refractivity contribution in [1.29, 1.82) is 0 Å². The summed E-state index contributed by atoms with van der Waals surface area (Å²) in [6, 6.07) is 47.0. The van der Waals surface area contributed by atoms with Crippen molar-refractivity contribution in [2.45, 2.75) is 18.5 Å². The van der Waals surface area contributed by atoms with Crippen molar-refractivity contribution in [2.24, 2.45) is 4.99 Å². The highest BCUT2D eigenvalue weighted by molar-refractivity contribution is 7.68. The SMILES string of the molecule is C1=CC2=C(c3ccccc3)PC(n3c4ccccc4c4c5c(ccc43)CC(n3c4ccccc4c4ccc6ccccc6c43)C=C5)=NC2C=C1. The molecule has 8 aromatic rings. The van der Waals surface area contributed by atoms with E-state index < -0.39 is 0 Å². The molecule has 0 saturated carbocycles. The van der Waals surface area contributed by atoms with Crippen molar-refractivity contribution >= 4 is 79.9 Å². The van der Waals surface area contributed by atoms with Crippen molar-refractivity contribution < 1.29 is 0 Å². The lowest BCUT2D eigenvalue weighted by atomic mass is 9.90. The molecule has 2 aliphatic carbocycles. The highest BCUT2D eigenvalue weighted by atomic mass is 31.1. The Kier molecular flexibility index (Phi) is 6.11. The number of para-hydroxylation sites is 2. The Morgan fingerprint density at radius 3 is 2.28 bits per heavy atom. The van der Waals surface area contributed by atoms with Crippen molar-refractivity contribution in [3.8, 4) is 0 Å². The number of hydrogen-bond donors (Lipinski definition) is 0. The van der Waals surface area contributed by atoms with Gasteiger partial charge in [-0.3, -0.25) is 9.56 Å². The number of fused-ring (bicyclic) bond motifs is 11. The Morgan fingerprint density at radius 1 is 0.600 bits per heavy atom. The molecule has 0 saturated heterocycles. The second kappa shape index (κ2) is 10.9. The van der Waals surface area contributed by atoms with E-state index in [0.29, 0.717) is 8.58 Å². The van der Waals surface area contributed by atoms with Crippen molar-refractivity contribution in [2.75, 3.05) is 0 Å². The van der Waals surface area contributed by atoms with Gasteiger partial charge in [-0.15, -0.1) is 0 Å². The predicted octanol–water partition coefficient (Wildman–Crippen LogP) is 11.7. The highest BCUT2D eigenvalue weighted by Crippen LogP contribution is 2.48. The van der Waals surface area contributed by atoms with Crippen LogP contribution in [0.2, 0.25) is 0 Å². The molecule has 3 atom stereocenters. The fourth-order valence-electron chi connectivity index (χ4n) is 8.69. The van der Waals surface area contributed by atoms with Gasteiger partial charge in [0.25, 0.3) is 0 Å². The van der Waals surface area contributed by atoms with Gasteiger partial charge in [0.2, 0.25) is 0 Å². The molecule has 0 radical (unpaired) electrons. The molecular weight excluding hydrogens is 626 g/mol. The lowest BCUT2D eigenvalue weighted by Gasteiger charge is -2.27. The van der Waals surface area contributed by atoms with Gasteiger partial charge in [-0.25, -0.2) is 0 Å². The Morgan fingerprint density at radius 2 is 1.38 bits per heavy atom. The molecule has 4 heteroatoms. The Hall–Kier alpha value is -5.76. The zero-order valence-electron chi connectivity index (χ0n) is 27.3. The number of nitrogens with zero attached hydrogens (tertiary/aromatic N) is 3. The van der Waals surface area contributed by atoms with Crippen LogP contribution in [0.5, 0.6) is 0 Å². The zero-order valence-corrected chi connectivity index (χ0v) is 28.3. The van der Waals surface area contributed by atoms with Gasteiger partial charge in [-0.1, -0.05) is 146 Å². The summed E-state index contributed by atoms with van der Waals surface area (Å²) in [6.07, 6.45) is 14.6. The number of aromatic nitrogens is 2. The number of hydrogen-bond acceptors (Lipinski definition) is 1. The summed E-state index contributed by atoms with van der Waals surface area (Å²) >= 11 is 0. The van der Waals surface area contributed by atoms with Crippen LogP contribution in [0.1, 0.15) is 22.7 Å². The second-order valence-electron chi connectivity index (χ2n) is 13.5. The normalized spacial score (nSPS) is 18.9. The Labute approximate surface area is 291 Å². The molecule has 3 heterocycles. The monoisotopic (exact) mass is 657 g/mol. The van der Waals surface area contributed by atoms with Gasteiger partial charge in [0, 0.05) is 32.4 Å². The van der Waals surface area contributed by atoms with Crippen LogP contribution >= 0.6 is 8.58 Å². The van der Waals surface area contributed by atoms with Crippen LogP contribution in [0.25, 0.3) is 65.8 Å². The van der Waals surface area contributed by atoms with Crippen molar-refractivity contribution in [3.05, 3.63) is 180 Å². The maximum Gasteiger partial charge on any atom is 0.133 e. The number of benzene rings is 6. The summed E-state index contributed by atoms with van der Waals surface area (Å²) in [4.78, 5) is 5.44. The average Bonchev–Trinajstić information content (AvgIpc) is 3.71. The molecule has 0 fully saturated rings. The minimum Gasteiger partial charge on any atom is -0.333 e. The fraction of sp³-hybridized carbons (Fsp3) is 0.0652. The number of rotatable bonds is 2. The summed E-state index contributed by atoms with van der Waals surface area (Å²) in [5, 5.41) is 9.21. The lowest BCUT2D eigenvalue weighted by molar-refractivity contribution is 0.637. The van der Waals surface area contributed by atoms with Gasteiger partial charge in [0.15, 0.2) is 0 Å². The average molecular weight is 658 g/mol. The first-order valence-corrected chi connectivity index (χ1v) is 18.4. The fourth-order valence-corrected chi connectivity index (χ4v) is 10.2. The van der Waals surface area contributed by atoms with Crippen LogP contribution in [0, 0.1) is 0 Å². The smallest absolute Gasteiger partial charge is 0.133 e. The van der Waals surface area contributed by atoms with Gasteiger partial charge < -0.3 is 4.57 Å². The van der Waals surface area contributed by atoms with E-state index in [1.54, 1.807) is 0 Å². The van der Waals surface area contributed by atoms with E-state index in [4.69, 9.17) is 4.99 Å². The molecule has 3 nitrogen and oxygen atoms in total. The molecule has 11 rings (SSSR count). The highest BCUT2D eigenvalue weighted by Gasteiger charge is 2.28. The molecule has 3 aliphatic rings. The molecule has 2 aromatic heterocycles. The topological polar surface area (TPSA) is 22.2 Å². The van der Waals surface area contributed by atoms with Crippen LogP contribution < -0.4 is 0 Å². The van der Waals surface area contributed by atoms with Gasteiger partial charge in [-0.2, -0.15) is 0 Å². The van der Waals surface area contributed by atoms with Crippen molar-refractivity contribution in [1.82, 2.24) is 9.13 Å². The first-order chi connectivity index (χ1) is 24.8. The number of aliphatic imine (C=N–C) groups is 1. The van der Waals surface area contributed by atoms with E-state index in [1.165, 1.54) is 82.0 Å². The number of allylic oxidation sites excluding steroid dienone is 3. The second-order valence-corrected chi connectivity index (χ2v) is 14.7. The standard InChI is InChI=1S/C46H32N3P/c1-2-13-30(14-3-1)45-37-17-6-9-19-39(37)47-46(50-45)49-41-21-11-8-18-38(41)43-33-26-24-32(28-31(33)23-27-42(43)49)48-40-20-10-7-16-35(40)36-25-22-29-12-4-5-15-34(29)44(36)48/h1-27,32,39,50H,28H2. The molecule has 0 spiro atoms. The molecule has 236 valence electrons. The van der Waals surface area contributed by atoms with Gasteiger partial charge in [-0.05, 0) is 66.2 Å². The Balaban J connectivity index is 1.09. The van der Waals surface area contributed by atoms with E-state index in [1.807, 2.05) is 0 Å². The molecule has 0 bridgehead atoms. The third-order valence-corrected chi connectivity index (χ3v) is 12.3. The van der Waals surface area contributed by atoms with Crippen LogP contribution in [-0.2, 0) is 6.42 Å². The molecule has 0 N–H and O–H groups in total. The van der Waals surface area contributed by atoms with E-state index in [0.717, 1.165) is 12.0 Å². The third kappa shape index (κ3) is 4.05. The van der Waals surface area contributed by atoms with Gasteiger partial charge >= 0.3 is 0 Å². The third-order valence-electron chi connectivity index (χ3n) is 10.9. The minimum atomic E-state index is 0.0169. The van der Waals surface area contributed by atoms with Crippen molar-refractivity contribution in [3.63, 3.8) is 0 Å². The maximum absolute atomic E-state index is 5.44. The lowest BCUT2D eigenvalue weighted by Crippen LogP contribution is -2.19. The van der Waals surface area contributed by atoms with Crippen LogP contribution in [0.15, 0.2) is 168 Å². The maximum atomic E-state index is 5.44. The summed E-state index contributed by atoms with van der Waals surface area (Å²) in [7, 11) is 0.441. The molecule has 6 aromatic carbocycles. The quantitative estimate of drug-likeness (QED) is 0.165. The summed E-state index contributed by atoms with van der Waals surface area (Å²) < 4.78 is 5.05. The van der Waals surface area contributed by atoms with Crippen LogP contribution in [0.4, 0.5) is 0 Å². The molecular formula is C46H32N3P. The molecule has 1 aliphatic heterocycles. The van der Waals surface area contributed by atoms with Crippen LogP contribution in [0.3, 0.4) is 0 Å².